The van der Waals surface area contributed by atoms with Gasteiger partial charge in [-0.2, -0.15) is 0 Å². The maximum absolute atomic E-state index is 12.6. The number of nitrogens with one attached hydrogen (secondary N) is 1. The number of thioether (sulfide) groups is 1. The van der Waals surface area contributed by atoms with E-state index in [2.05, 4.69) is 5.32 Å². The number of carbonyl (C=O) groups is 3. The van der Waals surface area contributed by atoms with Gasteiger partial charge in [-0.25, -0.2) is 4.79 Å². The van der Waals surface area contributed by atoms with Gasteiger partial charge < -0.3 is 15.5 Å². The number of benzene rings is 2. The number of anilines is 1. The highest BCUT2D eigenvalue weighted by Crippen LogP contribution is 2.33. The van der Waals surface area contributed by atoms with Crippen LogP contribution in [0.15, 0.2) is 53.4 Å². The van der Waals surface area contributed by atoms with Gasteiger partial charge in [-0.1, -0.05) is 42.5 Å². The molecule has 1 heterocycles. The molecule has 1 saturated heterocycles. The van der Waals surface area contributed by atoms with E-state index in [1.54, 1.807) is 47.4 Å². The normalized spacial score (nSPS) is 14.8. The highest BCUT2D eigenvalue weighted by Gasteiger charge is 2.31. The Hall–Kier alpha value is -3.17. The first-order valence-electron chi connectivity index (χ1n) is 10.0. The summed E-state index contributed by atoms with van der Waals surface area (Å²) in [5.74, 6) is -1.12. The van der Waals surface area contributed by atoms with Crippen LogP contribution in [0.3, 0.4) is 0 Å². The van der Waals surface area contributed by atoms with E-state index >= 15 is 0 Å². The number of rotatable bonds is 9. The number of unbranched alkanes of at least 4 members (excludes halogenated alkanes) is 2. The number of amides is 2. The van der Waals surface area contributed by atoms with E-state index in [0.29, 0.717) is 34.3 Å². The molecule has 7 nitrogen and oxygen atoms in total. The molecule has 0 unspecified atom stereocenters. The zero-order valence-electron chi connectivity index (χ0n) is 17.1. The lowest BCUT2D eigenvalue weighted by Crippen LogP contribution is -2.29. The maximum Gasteiger partial charge on any atom is 0.335 e. The number of hydrogen-bond donors (Lipinski definition) is 3. The van der Waals surface area contributed by atoms with Crippen LogP contribution in [0.2, 0.25) is 0 Å². The van der Waals surface area contributed by atoms with Crippen LogP contribution in [0.5, 0.6) is 5.75 Å². The largest absolute Gasteiger partial charge is 0.508 e. The Morgan fingerprint density at radius 1 is 1.03 bits per heavy atom. The average Bonchev–Trinajstić information content (AvgIpc) is 3.02. The van der Waals surface area contributed by atoms with E-state index in [4.69, 9.17) is 17.3 Å². The fraction of sp³-hybridized carbons (Fsp3) is 0.217. The first-order chi connectivity index (χ1) is 15.3. The number of aromatic hydroxyl groups is 1. The van der Waals surface area contributed by atoms with Crippen molar-refractivity contribution < 1.29 is 24.6 Å². The number of aromatic carboxylic acids is 1. The molecule has 2 aromatic carbocycles. The number of carboxylic acids is 1. The molecule has 0 saturated carbocycles. The Balaban J connectivity index is 1.40. The average molecular weight is 471 g/mol. The van der Waals surface area contributed by atoms with Gasteiger partial charge in [-0.3, -0.25) is 14.5 Å². The van der Waals surface area contributed by atoms with Crippen LogP contribution in [-0.4, -0.2) is 43.8 Å². The summed E-state index contributed by atoms with van der Waals surface area (Å²) in [7, 11) is 0. The molecule has 0 radical (unpaired) electrons. The molecule has 166 valence electrons. The van der Waals surface area contributed by atoms with Crippen molar-refractivity contribution in [3.8, 4) is 5.75 Å². The second-order valence-corrected chi connectivity index (χ2v) is 8.84. The fourth-order valence-corrected chi connectivity index (χ4v) is 4.38. The zero-order valence-corrected chi connectivity index (χ0v) is 18.7. The van der Waals surface area contributed by atoms with Crippen molar-refractivity contribution in [2.24, 2.45) is 0 Å². The predicted molar refractivity (Wildman–Crippen MR) is 128 cm³/mol. The van der Waals surface area contributed by atoms with Gasteiger partial charge in [0.15, 0.2) is 0 Å². The summed E-state index contributed by atoms with van der Waals surface area (Å²) < 4.78 is 0.516. The minimum absolute atomic E-state index is 0.129. The summed E-state index contributed by atoms with van der Waals surface area (Å²) in [6.45, 7) is 0.496. The van der Waals surface area contributed by atoms with E-state index < -0.39 is 5.97 Å². The van der Waals surface area contributed by atoms with Crippen molar-refractivity contribution >= 4 is 57.8 Å². The van der Waals surface area contributed by atoms with E-state index in [1.807, 2.05) is 0 Å². The van der Waals surface area contributed by atoms with Gasteiger partial charge in [0.1, 0.15) is 10.1 Å². The van der Waals surface area contributed by atoms with Crippen LogP contribution in [0.1, 0.15) is 41.6 Å². The Morgan fingerprint density at radius 3 is 2.38 bits per heavy atom. The van der Waals surface area contributed by atoms with Crippen LogP contribution < -0.4 is 5.32 Å². The third kappa shape index (κ3) is 6.41. The molecule has 3 N–H and O–H groups in total. The van der Waals surface area contributed by atoms with E-state index in [1.165, 1.54) is 23.9 Å². The first kappa shape index (κ1) is 23.5. The number of phenolic OH excluding ortho intramolecular Hbond substituents is 1. The molecule has 2 aromatic rings. The van der Waals surface area contributed by atoms with Crippen molar-refractivity contribution in [2.75, 3.05) is 11.9 Å². The Kier molecular flexibility index (Phi) is 8.02. The SMILES string of the molecule is O=C(CCCCCN1C(=O)/C(=C/c2ccc(O)cc2)SC1=S)Nc1ccc(C(=O)O)cc1. The molecule has 3 rings (SSSR count). The molecule has 0 bridgehead atoms. The highest BCUT2D eigenvalue weighted by atomic mass is 32.2. The molecular formula is C23H22N2O5S2. The molecule has 9 heteroatoms. The standard InChI is InChI=1S/C23H22N2O5S2/c26-18-11-5-15(6-12-18)14-19-21(28)25(23(31)32-19)13-3-1-2-4-20(27)24-17-9-7-16(8-10-17)22(29)30/h5-12,14,26H,1-4,13H2,(H,24,27)(H,29,30)/b19-14-. The van der Waals surface area contributed by atoms with Gasteiger partial charge in [0, 0.05) is 18.7 Å². The van der Waals surface area contributed by atoms with Gasteiger partial charge in [-0.15, -0.1) is 0 Å². The van der Waals surface area contributed by atoms with Crippen LogP contribution in [-0.2, 0) is 9.59 Å². The van der Waals surface area contributed by atoms with E-state index in [9.17, 15) is 19.5 Å². The van der Waals surface area contributed by atoms with Crippen LogP contribution in [0, 0.1) is 0 Å². The first-order valence-corrected chi connectivity index (χ1v) is 11.2. The number of phenols is 1. The van der Waals surface area contributed by atoms with Gasteiger partial charge in [-0.05, 0) is 60.9 Å². The van der Waals surface area contributed by atoms with Gasteiger partial charge in [0.05, 0.1) is 10.5 Å². The Labute approximate surface area is 195 Å². The smallest absolute Gasteiger partial charge is 0.335 e. The summed E-state index contributed by atoms with van der Waals surface area (Å²) in [6, 6.07) is 12.6. The molecule has 1 aliphatic heterocycles. The number of nitrogens with zero attached hydrogens (tertiary/aromatic N) is 1. The summed E-state index contributed by atoms with van der Waals surface area (Å²) in [5.41, 5.74) is 1.53. The summed E-state index contributed by atoms with van der Waals surface area (Å²) >= 11 is 6.59. The quantitative estimate of drug-likeness (QED) is 0.282. The third-order valence-electron chi connectivity index (χ3n) is 4.77. The van der Waals surface area contributed by atoms with Gasteiger partial charge in [0.25, 0.3) is 5.91 Å². The maximum atomic E-state index is 12.6. The van der Waals surface area contributed by atoms with Crippen LogP contribution in [0.4, 0.5) is 5.69 Å². The number of carboxylic acid groups (broad SMARTS) is 1. The summed E-state index contributed by atoms with van der Waals surface area (Å²) in [6.07, 6.45) is 4.24. The molecular weight excluding hydrogens is 448 g/mol. The van der Waals surface area contributed by atoms with E-state index in [-0.39, 0.29) is 23.1 Å². The summed E-state index contributed by atoms with van der Waals surface area (Å²) in [4.78, 5) is 37.7. The second-order valence-electron chi connectivity index (χ2n) is 7.17. The van der Waals surface area contributed by atoms with Crippen molar-refractivity contribution in [3.05, 3.63) is 64.6 Å². The number of hydrogen-bond acceptors (Lipinski definition) is 6. The lowest BCUT2D eigenvalue weighted by atomic mass is 10.1. The van der Waals surface area contributed by atoms with Crippen molar-refractivity contribution in [3.63, 3.8) is 0 Å². The zero-order chi connectivity index (χ0) is 23.1. The molecule has 2 amide bonds. The number of carbonyl (C=O) groups excluding carboxylic acids is 2. The van der Waals surface area contributed by atoms with Gasteiger partial charge in [0.2, 0.25) is 5.91 Å². The Bertz CT molecular complexity index is 1050. The Morgan fingerprint density at radius 2 is 1.72 bits per heavy atom. The minimum atomic E-state index is -1.01. The molecule has 1 aliphatic rings. The fourth-order valence-electron chi connectivity index (χ4n) is 3.07. The minimum Gasteiger partial charge on any atom is -0.508 e. The van der Waals surface area contributed by atoms with Gasteiger partial charge >= 0.3 is 5.97 Å². The topological polar surface area (TPSA) is 107 Å². The molecule has 0 aromatic heterocycles. The van der Waals surface area contributed by atoms with E-state index in [0.717, 1.165) is 18.4 Å². The highest BCUT2D eigenvalue weighted by molar-refractivity contribution is 8.26. The van der Waals surface area contributed by atoms with Crippen molar-refractivity contribution in [1.29, 1.82) is 0 Å². The summed E-state index contributed by atoms with van der Waals surface area (Å²) in [5, 5.41) is 21.0. The second kappa shape index (κ2) is 10.9. The lowest BCUT2D eigenvalue weighted by molar-refractivity contribution is -0.122. The van der Waals surface area contributed by atoms with Crippen molar-refractivity contribution in [2.45, 2.75) is 25.7 Å². The van der Waals surface area contributed by atoms with Crippen LogP contribution >= 0.6 is 24.0 Å². The predicted octanol–water partition coefficient (Wildman–Crippen LogP) is 4.49. The number of thiocarbonyl (C=S) groups is 1. The van der Waals surface area contributed by atoms with Crippen LogP contribution in [0.25, 0.3) is 6.08 Å². The lowest BCUT2D eigenvalue weighted by Gasteiger charge is -2.14. The third-order valence-corrected chi connectivity index (χ3v) is 6.14. The molecule has 0 aliphatic carbocycles. The molecule has 32 heavy (non-hydrogen) atoms. The molecule has 1 fully saturated rings. The molecule has 0 spiro atoms. The van der Waals surface area contributed by atoms with Crippen molar-refractivity contribution in [1.82, 2.24) is 4.90 Å². The molecule has 0 atom stereocenters. The monoisotopic (exact) mass is 470 g/mol.